The number of rotatable bonds is 4. The van der Waals surface area contributed by atoms with E-state index in [1.165, 1.54) is 38.0 Å². The van der Waals surface area contributed by atoms with Crippen molar-refractivity contribution in [2.75, 3.05) is 13.3 Å². The van der Waals surface area contributed by atoms with Crippen molar-refractivity contribution < 1.29 is 0 Å². The van der Waals surface area contributed by atoms with Gasteiger partial charge < -0.3 is 0 Å². The van der Waals surface area contributed by atoms with Crippen LogP contribution in [-0.4, -0.2) is 26.7 Å². The van der Waals surface area contributed by atoms with Crippen molar-refractivity contribution in [2.45, 2.75) is 6.55 Å². The fourth-order valence-electron chi connectivity index (χ4n) is 4.44. The van der Waals surface area contributed by atoms with E-state index in [2.05, 4.69) is 117 Å². The molecule has 0 fully saturated rings. The Kier molecular flexibility index (Phi) is 4.69. The molecule has 0 spiro atoms. The molecule has 0 N–H and O–H groups in total. The molecule has 2 heteroatoms. The van der Waals surface area contributed by atoms with E-state index in [1.807, 2.05) is 0 Å². The predicted octanol–water partition coefficient (Wildman–Crippen LogP) is 5.57. The first-order valence-corrected chi connectivity index (χ1v) is 15.1. The molecule has 0 bridgehead atoms. The van der Waals surface area contributed by atoms with Gasteiger partial charge in [-0.1, -0.05) is 97.6 Å². The molecule has 0 heterocycles. The summed E-state index contributed by atoms with van der Waals surface area (Å²) in [5.41, 5.74) is 9.84. The molecule has 0 aromatic heterocycles. The Morgan fingerprint density at radius 3 is 1.61 bits per heavy atom. The lowest BCUT2D eigenvalue weighted by Gasteiger charge is -2.30. The molecule has 0 nitrogen and oxygen atoms in total. The van der Waals surface area contributed by atoms with E-state index in [4.69, 9.17) is 0 Å². The number of benzene rings is 3. The predicted molar refractivity (Wildman–Crippen MR) is 132 cm³/mol. The van der Waals surface area contributed by atoms with E-state index in [-0.39, 0.29) is 0 Å². The summed E-state index contributed by atoms with van der Waals surface area (Å²) in [6.45, 7) is 14.0. The first-order chi connectivity index (χ1) is 13.4. The average Bonchev–Trinajstić information content (AvgIpc) is 3.08. The highest BCUT2D eigenvalue weighted by atomic mass is 31.2. The third kappa shape index (κ3) is 2.73. The minimum absolute atomic E-state index is 1.37. The number of hydrogen-bond donors (Lipinski definition) is 0. The minimum Gasteiger partial charge on any atom is -0.106 e. The molecule has 3 aromatic carbocycles. The van der Waals surface area contributed by atoms with Crippen molar-refractivity contribution in [2.24, 2.45) is 0 Å². The molecular weight excluding hydrogens is 371 g/mol. The van der Waals surface area contributed by atoms with Gasteiger partial charge in [-0.15, -0.1) is 13.2 Å². The SMILES string of the molecule is C=C[Si](C)(C=C)c1ccccc1P(C)(C)=C1c2ccccc2-c2ccccc21. The molecule has 0 atom stereocenters. The molecule has 0 unspecified atom stereocenters. The van der Waals surface area contributed by atoms with E-state index in [1.54, 1.807) is 0 Å². The van der Waals surface area contributed by atoms with Crippen molar-refractivity contribution in [1.29, 1.82) is 0 Å². The highest BCUT2D eigenvalue weighted by Crippen LogP contribution is 2.49. The van der Waals surface area contributed by atoms with Crippen LogP contribution < -0.4 is 10.5 Å². The minimum atomic E-state index is -1.92. The van der Waals surface area contributed by atoms with E-state index in [0.717, 1.165) is 0 Å². The lowest BCUT2D eigenvalue weighted by molar-refractivity contribution is 1.65. The maximum Gasteiger partial charge on any atom is 0.130 e. The van der Waals surface area contributed by atoms with Gasteiger partial charge in [0.2, 0.25) is 0 Å². The Balaban J connectivity index is 2.12. The van der Waals surface area contributed by atoms with E-state index < -0.39 is 15.0 Å². The van der Waals surface area contributed by atoms with Crippen LogP contribution in [0.15, 0.2) is 97.4 Å². The van der Waals surface area contributed by atoms with Crippen molar-refractivity contribution in [3.05, 3.63) is 108 Å². The molecule has 1 aliphatic rings. The van der Waals surface area contributed by atoms with Crippen LogP contribution in [0.5, 0.6) is 0 Å². The monoisotopic (exact) mass is 398 g/mol. The summed E-state index contributed by atoms with van der Waals surface area (Å²) in [4.78, 5) is 0. The zero-order chi connectivity index (χ0) is 19.9. The quantitative estimate of drug-likeness (QED) is 0.311. The third-order valence-electron chi connectivity index (χ3n) is 6.15. The Bertz CT molecular complexity index is 1090. The Morgan fingerprint density at radius 1 is 0.679 bits per heavy atom. The average molecular weight is 399 g/mol. The van der Waals surface area contributed by atoms with Crippen molar-refractivity contribution in [3.8, 4) is 11.1 Å². The third-order valence-corrected chi connectivity index (χ3v) is 12.8. The first-order valence-electron chi connectivity index (χ1n) is 9.72. The Hall–Kier alpha value is -2.34. The lowest BCUT2D eigenvalue weighted by Crippen LogP contribution is -2.49. The molecule has 28 heavy (non-hydrogen) atoms. The number of fused-ring (bicyclic) bond motifs is 3. The molecule has 0 amide bonds. The van der Waals surface area contributed by atoms with E-state index in [0.29, 0.717) is 0 Å². The summed E-state index contributed by atoms with van der Waals surface area (Å²) in [7, 11) is -1.92. The fourth-order valence-corrected chi connectivity index (χ4v) is 10.7. The van der Waals surface area contributed by atoms with E-state index in [9.17, 15) is 0 Å². The van der Waals surface area contributed by atoms with Crippen LogP contribution in [0.4, 0.5) is 0 Å². The van der Waals surface area contributed by atoms with Gasteiger partial charge in [0.15, 0.2) is 0 Å². The maximum absolute atomic E-state index is 4.17. The van der Waals surface area contributed by atoms with Crippen LogP contribution in [-0.2, 0) is 0 Å². The summed E-state index contributed by atoms with van der Waals surface area (Å²) in [6.07, 6.45) is 0. The summed E-state index contributed by atoms with van der Waals surface area (Å²) in [5, 5.41) is 4.47. The summed E-state index contributed by atoms with van der Waals surface area (Å²) in [5.74, 6) is 0. The molecule has 140 valence electrons. The first kappa shape index (κ1) is 19.0. The van der Waals surface area contributed by atoms with Crippen LogP contribution in [0.2, 0.25) is 6.55 Å². The molecule has 0 saturated carbocycles. The standard InChI is InChI=1S/C26H27PSi/c1-6-28(5,7-2)25-19-13-12-18-24(25)27(3,4)26-22-16-10-8-14-20(22)21-15-9-11-17-23(21)26/h6-19H,1-2H2,3-5H3. The van der Waals surface area contributed by atoms with Crippen LogP contribution in [0.1, 0.15) is 11.1 Å². The second kappa shape index (κ2) is 6.92. The second-order valence-corrected chi connectivity index (χ2v) is 15.9. The zero-order valence-corrected chi connectivity index (χ0v) is 18.8. The van der Waals surface area contributed by atoms with Gasteiger partial charge in [0.25, 0.3) is 0 Å². The lowest BCUT2D eigenvalue weighted by atomic mass is 10.1. The highest BCUT2D eigenvalue weighted by molar-refractivity contribution is 7.83. The second-order valence-electron chi connectivity index (χ2n) is 8.10. The van der Waals surface area contributed by atoms with Crippen LogP contribution in [0.3, 0.4) is 0 Å². The van der Waals surface area contributed by atoms with Gasteiger partial charge in [-0.2, -0.15) is 0 Å². The van der Waals surface area contributed by atoms with Crippen LogP contribution >= 0.6 is 6.89 Å². The molecule has 0 saturated heterocycles. The summed E-state index contributed by atoms with van der Waals surface area (Å²) in [6, 6.07) is 26.8. The van der Waals surface area contributed by atoms with Crippen LogP contribution in [0.25, 0.3) is 11.1 Å². The maximum atomic E-state index is 4.17. The topological polar surface area (TPSA) is 0 Å². The smallest absolute Gasteiger partial charge is 0.106 e. The molecule has 1 aliphatic carbocycles. The zero-order valence-electron chi connectivity index (χ0n) is 16.9. The van der Waals surface area contributed by atoms with Crippen LogP contribution in [0, 0.1) is 0 Å². The van der Waals surface area contributed by atoms with Gasteiger partial charge in [0.05, 0.1) is 0 Å². The summed E-state index contributed by atoms with van der Waals surface area (Å²) < 4.78 is 0. The molecule has 3 aromatic rings. The molecule has 0 radical (unpaired) electrons. The largest absolute Gasteiger partial charge is 0.130 e. The Labute approximate surface area is 170 Å². The van der Waals surface area contributed by atoms with Gasteiger partial charge in [-0.3, -0.25) is 0 Å². The highest BCUT2D eigenvalue weighted by Gasteiger charge is 2.32. The van der Waals surface area contributed by atoms with Gasteiger partial charge >= 0.3 is 0 Å². The van der Waals surface area contributed by atoms with Gasteiger partial charge in [0.1, 0.15) is 8.07 Å². The summed E-state index contributed by atoms with van der Waals surface area (Å²) >= 11 is 0. The number of hydrogen-bond acceptors (Lipinski definition) is 0. The Morgan fingerprint density at radius 2 is 1.11 bits per heavy atom. The molecule has 0 aliphatic heterocycles. The molecular formula is C26H27PSi. The fraction of sp³-hybridized carbons (Fsp3) is 0.115. The van der Waals surface area contributed by atoms with Gasteiger partial charge in [-0.25, -0.2) is 0 Å². The normalized spacial score (nSPS) is 13.0. The van der Waals surface area contributed by atoms with Gasteiger partial charge in [-0.05, 0) is 51.4 Å². The molecule has 4 rings (SSSR count). The van der Waals surface area contributed by atoms with Crippen molar-refractivity contribution in [3.63, 3.8) is 0 Å². The van der Waals surface area contributed by atoms with Gasteiger partial charge in [0, 0.05) is 0 Å². The van der Waals surface area contributed by atoms with Crippen molar-refractivity contribution >= 4 is 30.7 Å². The van der Waals surface area contributed by atoms with Crippen molar-refractivity contribution in [1.82, 2.24) is 0 Å². The van der Waals surface area contributed by atoms with E-state index >= 15 is 0 Å².